The number of amides is 1. The minimum Gasteiger partial charge on any atom is -0.495 e. The maximum Gasteiger partial charge on any atom is 0.331 e. The van der Waals surface area contributed by atoms with Gasteiger partial charge in [-0.05, 0) is 44.0 Å². The van der Waals surface area contributed by atoms with Gasteiger partial charge in [-0.1, -0.05) is 41.4 Å². The fraction of sp³-hybridized carbons (Fsp3) is 0.238. The quantitative estimate of drug-likeness (QED) is 0.583. The lowest BCUT2D eigenvalue weighted by atomic mass is 10.1. The van der Waals surface area contributed by atoms with Crippen molar-refractivity contribution in [1.82, 2.24) is 0 Å². The van der Waals surface area contributed by atoms with Gasteiger partial charge in [-0.25, -0.2) is 4.79 Å². The van der Waals surface area contributed by atoms with E-state index < -0.39 is 18.0 Å². The van der Waals surface area contributed by atoms with Crippen LogP contribution in [-0.4, -0.2) is 25.1 Å². The number of carbonyl (C=O) groups excluding carboxylic acids is 2. The van der Waals surface area contributed by atoms with Gasteiger partial charge < -0.3 is 14.8 Å². The average Bonchev–Trinajstić information content (AvgIpc) is 2.63. The van der Waals surface area contributed by atoms with Crippen molar-refractivity contribution in [2.24, 2.45) is 0 Å². The number of aryl methyl sites for hydroxylation is 2. The predicted octanol–water partition coefficient (Wildman–Crippen LogP) is 4.55. The van der Waals surface area contributed by atoms with Crippen molar-refractivity contribution in [2.45, 2.75) is 26.9 Å². The Kier molecular flexibility index (Phi) is 7.02. The number of nitrogens with one attached hydrogen (secondary N) is 1. The van der Waals surface area contributed by atoms with Crippen LogP contribution in [0.5, 0.6) is 5.75 Å². The second-order valence-electron chi connectivity index (χ2n) is 6.11. The van der Waals surface area contributed by atoms with E-state index in [1.54, 1.807) is 18.2 Å². The summed E-state index contributed by atoms with van der Waals surface area (Å²) in [5, 5.41) is 3.22. The zero-order valence-electron chi connectivity index (χ0n) is 15.7. The molecule has 2 aromatic rings. The van der Waals surface area contributed by atoms with Gasteiger partial charge in [0.2, 0.25) is 0 Å². The molecular formula is C21H22ClNO4. The number of hydrogen-bond donors (Lipinski definition) is 1. The number of benzene rings is 2. The highest BCUT2D eigenvalue weighted by molar-refractivity contribution is 6.31. The summed E-state index contributed by atoms with van der Waals surface area (Å²) in [6.45, 7) is 5.30. The van der Waals surface area contributed by atoms with Crippen LogP contribution in [0.4, 0.5) is 5.69 Å². The third-order valence-corrected chi connectivity index (χ3v) is 4.30. The van der Waals surface area contributed by atoms with Gasteiger partial charge in [-0.15, -0.1) is 0 Å². The van der Waals surface area contributed by atoms with Crippen molar-refractivity contribution in [2.75, 3.05) is 12.4 Å². The first-order valence-electron chi connectivity index (χ1n) is 8.40. The van der Waals surface area contributed by atoms with Crippen LogP contribution in [0.2, 0.25) is 5.02 Å². The van der Waals surface area contributed by atoms with E-state index in [1.165, 1.54) is 20.1 Å². The third kappa shape index (κ3) is 5.86. The predicted molar refractivity (Wildman–Crippen MR) is 107 cm³/mol. The topological polar surface area (TPSA) is 64.6 Å². The summed E-state index contributed by atoms with van der Waals surface area (Å²) < 4.78 is 10.4. The molecule has 27 heavy (non-hydrogen) atoms. The Hall–Kier alpha value is -2.79. The Bertz CT molecular complexity index is 859. The van der Waals surface area contributed by atoms with E-state index in [0.717, 1.165) is 16.7 Å². The van der Waals surface area contributed by atoms with Gasteiger partial charge in [0.05, 0.1) is 12.8 Å². The Labute approximate surface area is 163 Å². The van der Waals surface area contributed by atoms with E-state index in [2.05, 4.69) is 5.32 Å². The van der Waals surface area contributed by atoms with Crippen LogP contribution < -0.4 is 10.1 Å². The molecule has 0 aliphatic carbocycles. The minimum absolute atomic E-state index is 0.428. The molecule has 0 aromatic heterocycles. The van der Waals surface area contributed by atoms with E-state index in [0.29, 0.717) is 16.5 Å². The zero-order valence-corrected chi connectivity index (χ0v) is 16.5. The van der Waals surface area contributed by atoms with Gasteiger partial charge in [0.1, 0.15) is 5.75 Å². The molecule has 0 saturated carbocycles. The number of methoxy groups -OCH3 is 1. The summed E-state index contributed by atoms with van der Waals surface area (Å²) in [7, 11) is 1.48. The van der Waals surface area contributed by atoms with Crippen LogP contribution in [0.15, 0.2) is 42.5 Å². The third-order valence-electron chi connectivity index (χ3n) is 3.89. The van der Waals surface area contributed by atoms with E-state index in [4.69, 9.17) is 21.1 Å². The zero-order chi connectivity index (χ0) is 20.0. The number of esters is 1. The molecule has 0 heterocycles. The molecule has 1 N–H and O–H groups in total. The SMILES string of the molecule is COc1cc(Cl)c(C)cc1NC(=O)[C@@H](C)OC(=O)/C=C/c1ccc(C)cc1. The van der Waals surface area contributed by atoms with Crippen molar-refractivity contribution >= 4 is 35.2 Å². The number of rotatable bonds is 6. The molecule has 1 atom stereocenters. The molecule has 6 heteroatoms. The molecular weight excluding hydrogens is 366 g/mol. The highest BCUT2D eigenvalue weighted by Gasteiger charge is 2.19. The number of halogens is 1. The maximum absolute atomic E-state index is 12.3. The molecule has 0 bridgehead atoms. The van der Waals surface area contributed by atoms with E-state index in [9.17, 15) is 9.59 Å². The van der Waals surface area contributed by atoms with Gasteiger partial charge in [0, 0.05) is 17.2 Å². The van der Waals surface area contributed by atoms with Crippen LogP contribution in [0, 0.1) is 13.8 Å². The highest BCUT2D eigenvalue weighted by Crippen LogP contribution is 2.31. The highest BCUT2D eigenvalue weighted by atomic mass is 35.5. The van der Waals surface area contributed by atoms with Crippen molar-refractivity contribution < 1.29 is 19.1 Å². The molecule has 0 aliphatic heterocycles. The Morgan fingerprint density at radius 3 is 2.44 bits per heavy atom. The van der Waals surface area contributed by atoms with Gasteiger partial charge in [0.15, 0.2) is 6.10 Å². The normalized spacial score (nSPS) is 11.9. The monoisotopic (exact) mass is 387 g/mol. The van der Waals surface area contributed by atoms with Crippen molar-refractivity contribution in [1.29, 1.82) is 0 Å². The lowest BCUT2D eigenvalue weighted by Gasteiger charge is -2.15. The first kappa shape index (κ1) is 20.5. The van der Waals surface area contributed by atoms with Crippen LogP contribution in [-0.2, 0) is 14.3 Å². The fourth-order valence-corrected chi connectivity index (χ4v) is 2.43. The largest absolute Gasteiger partial charge is 0.495 e. The lowest BCUT2D eigenvalue weighted by molar-refractivity contribution is -0.148. The molecule has 142 valence electrons. The average molecular weight is 388 g/mol. The Morgan fingerprint density at radius 2 is 1.81 bits per heavy atom. The minimum atomic E-state index is -0.971. The molecule has 0 unspecified atom stereocenters. The second-order valence-corrected chi connectivity index (χ2v) is 6.52. The van der Waals surface area contributed by atoms with Crippen LogP contribution in [0.3, 0.4) is 0 Å². The maximum atomic E-state index is 12.3. The first-order valence-corrected chi connectivity index (χ1v) is 8.78. The molecule has 0 spiro atoms. The van der Waals surface area contributed by atoms with Crippen molar-refractivity contribution in [3.8, 4) is 5.75 Å². The van der Waals surface area contributed by atoms with Gasteiger partial charge >= 0.3 is 5.97 Å². The smallest absolute Gasteiger partial charge is 0.331 e. The van der Waals surface area contributed by atoms with Crippen LogP contribution in [0.1, 0.15) is 23.6 Å². The fourth-order valence-electron chi connectivity index (χ4n) is 2.27. The molecule has 0 aliphatic rings. The summed E-state index contributed by atoms with van der Waals surface area (Å²) in [5.41, 5.74) is 3.25. The molecule has 1 amide bonds. The standard InChI is InChI=1S/C21H22ClNO4/c1-13-5-7-16(8-6-13)9-10-20(24)27-15(3)21(25)23-18-11-14(2)17(22)12-19(18)26-4/h5-12,15H,1-4H3,(H,23,25)/b10-9+/t15-/m1/s1. The number of anilines is 1. The molecule has 0 saturated heterocycles. The van der Waals surface area contributed by atoms with Gasteiger partial charge in [0.25, 0.3) is 5.91 Å². The van der Waals surface area contributed by atoms with Crippen molar-refractivity contribution in [3.63, 3.8) is 0 Å². The van der Waals surface area contributed by atoms with Gasteiger partial charge in [-0.3, -0.25) is 4.79 Å². The summed E-state index contributed by atoms with van der Waals surface area (Å²) >= 11 is 6.06. The van der Waals surface area contributed by atoms with Gasteiger partial charge in [-0.2, -0.15) is 0 Å². The number of ether oxygens (including phenoxy) is 2. The lowest BCUT2D eigenvalue weighted by Crippen LogP contribution is -2.29. The first-order chi connectivity index (χ1) is 12.8. The molecule has 5 nitrogen and oxygen atoms in total. The molecule has 0 fully saturated rings. The Morgan fingerprint density at radius 1 is 1.15 bits per heavy atom. The van der Waals surface area contributed by atoms with E-state index in [-0.39, 0.29) is 0 Å². The Balaban J connectivity index is 1.98. The van der Waals surface area contributed by atoms with Crippen molar-refractivity contribution in [3.05, 3.63) is 64.2 Å². The van der Waals surface area contributed by atoms with E-state index in [1.807, 2.05) is 38.1 Å². The summed E-state index contributed by atoms with van der Waals surface area (Å²) in [4.78, 5) is 24.3. The summed E-state index contributed by atoms with van der Waals surface area (Å²) in [5.74, 6) is -0.638. The number of hydrogen-bond acceptors (Lipinski definition) is 4. The molecule has 2 aromatic carbocycles. The second kappa shape index (κ2) is 9.24. The van der Waals surface area contributed by atoms with E-state index >= 15 is 0 Å². The van der Waals surface area contributed by atoms with Crippen LogP contribution >= 0.6 is 11.6 Å². The summed E-state index contributed by atoms with van der Waals surface area (Å²) in [6.07, 6.45) is 1.96. The van der Waals surface area contributed by atoms with Crippen LogP contribution in [0.25, 0.3) is 6.08 Å². The number of carbonyl (C=O) groups is 2. The molecule has 2 rings (SSSR count). The summed E-state index contributed by atoms with van der Waals surface area (Å²) in [6, 6.07) is 11.0. The molecule has 0 radical (unpaired) electrons.